The summed E-state index contributed by atoms with van der Waals surface area (Å²) in [7, 11) is 0. The van der Waals surface area contributed by atoms with Crippen molar-refractivity contribution >= 4 is 10.9 Å². The van der Waals surface area contributed by atoms with E-state index >= 15 is 0 Å². The average molecular weight is 247 g/mol. The number of aromatic nitrogens is 2. The molecule has 1 aliphatic rings. The van der Waals surface area contributed by atoms with Crippen molar-refractivity contribution in [3.8, 4) is 0 Å². The van der Waals surface area contributed by atoms with E-state index in [-0.39, 0.29) is 6.61 Å². The highest BCUT2D eigenvalue weighted by Crippen LogP contribution is 2.19. The first kappa shape index (κ1) is 11.6. The van der Waals surface area contributed by atoms with E-state index in [9.17, 15) is 0 Å². The largest absolute Gasteiger partial charge is 0.392 e. The van der Waals surface area contributed by atoms with Crippen molar-refractivity contribution in [2.24, 2.45) is 0 Å². The smallest absolute Gasteiger partial charge is 0.0927 e. The first-order valence-electron chi connectivity index (χ1n) is 6.23. The Balaban J connectivity index is 1.83. The van der Waals surface area contributed by atoms with E-state index in [0.717, 1.165) is 55.0 Å². The van der Waals surface area contributed by atoms with Gasteiger partial charge in [-0.05, 0) is 11.6 Å². The molecule has 2 aromatic rings. The summed E-state index contributed by atoms with van der Waals surface area (Å²) in [6, 6.07) is 5.90. The Morgan fingerprint density at radius 2 is 2.17 bits per heavy atom. The predicted molar refractivity (Wildman–Crippen MR) is 68.1 cm³/mol. The zero-order valence-corrected chi connectivity index (χ0v) is 10.2. The van der Waals surface area contributed by atoms with Crippen LogP contribution in [0.5, 0.6) is 0 Å². The molecule has 0 aliphatic carbocycles. The molecule has 0 unspecified atom stereocenters. The third-order valence-electron chi connectivity index (χ3n) is 3.37. The van der Waals surface area contributed by atoms with Gasteiger partial charge in [0.2, 0.25) is 0 Å². The second-order valence-electron chi connectivity index (χ2n) is 4.60. The Kier molecular flexibility index (Phi) is 3.27. The second-order valence-corrected chi connectivity index (χ2v) is 4.60. The van der Waals surface area contributed by atoms with Gasteiger partial charge in [0.1, 0.15) is 0 Å². The maximum absolute atomic E-state index is 9.10. The van der Waals surface area contributed by atoms with Crippen molar-refractivity contribution in [2.75, 3.05) is 26.3 Å². The highest BCUT2D eigenvalue weighted by molar-refractivity contribution is 5.81. The monoisotopic (exact) mass is 247 g/mol. The van der Waals surface area contributed by atoms with E-state index in [0.29, 0.717) is 0 Å². The minimum atomic E-state index is 0.0571. The van der Waals surface area contributed by atoms with Crippen molar-refractivity contribution in [1.29, 1.82) is 0 Å². The van der Waals surface area contributed by atoms with E-state index in [1.807, 2.05) is 18.2 Å². The fourth-order valence-electron chi connectivity index (χ4n) is 2.31. The van der Waals surface area contributed by atoms with Gasteiger partial charge in [0.15, 0.2) is 0 Å². The van der Waals surface area contributed by atoms with Crippen LogP contribution in [-0.2, 0) is 17.9 Å². The average Bonchev–Trinajstić information content (AvgIpc) is 2.82. The summed E-state index contributed by atoms with van der Waals surface area (Å²) >= 11 is 0. The van der Waals surface area contributed by atoms with E-state index in [1.54, 1.807) is 0 Å². The molecule has 1 aromatic heterocycles. The van der Waals surface area contributed by atoms with Gasteiger partial charge >= 0.3 is 0 Å². The third kappa shape index (κ3) is 2.25. The van der Waals surface area contributed by atoms with Gasteiger partial charge in [0.05, 0.1) is 31.0 Å². The second kappa shape index (κ2) is 5.06. The van der Waals surface area contributed by atoms with Gasteiger partial charge in [0, 0.05) is 25.0 Å². The molecule has 0 saturated carbocycles. The van der Waals surface area contributed by atoms with Gasteiger partial charge in [-0.25, -0.2) is 0 Å². The molecule has 2 N–H and O–H groups in total. The number of fused-ring (bicyclic) bond motifs is 1. The van der Waals surface area contributed by atoms with Crippen LogP contribution in [0.3, 0.4) is 0 Å². The van der Waals surface area contributed by atoms with Crippen LogP contribution >= 0.6 is 0 Å². The van der Waals surface area contributed by atoms with E-state index in [2.05, 4.69) is 15.1 Å². The maximum Gasteiger partial charge on any atom is 0.0927 e. The molecule has 0 atom stereocenters. The van der Waals surface area contributed by atoms with E-state index in [1.165, 1.54) is 0 Å². The summed E-state index contributed by atoms with van der Waals surface area (Å²) in [6.45, 7) is 4.48. The molecule has 1 saturated heterocycles. The lowest BCUT2D eigenvalue weighted by Gasteiger charge is -2.25. The number of aliphatic hydroxyl groups excluding tert-OH is 1. The number of nitrogens with zero attached hydrogens (tertiary/aromatic N) is 2. The van der Waals surface area contributed by atoms with Crippen LogP contribution in [0, 0.1) is 0 Å². The number of hydrogen-bond acceptors (Lipinski definition) is 4. The Morgan fingerprint density at radius 3 is 2.94 bits per heavy atom. The van der Waals surface area contributed by atoms with Crippen molar-refractivity contribution in [1.82, 2.24) is 15.1 Å². The fourth-order valence-corrected chi connectivity index (χ4v) is 2.31. The van der Waals surface area contributed by atoms with Gasteiger partial charge in [-0.15, -0.1) is 0 Å². The lowest BCUT2D eigenvalue weighted by molar-refractivity contribution is 0.0338. The minimum absolute atomic E-state index is 0.0571. The molecular formula is C13H17N3O2. The lowest BCUT2D eigenvalue weighted by Crippen LogP contribution is -2.35. The van der Waals surface area contributed by atoms with E-state index < -0.39 is 0 Å². The molecule has 5 heteroatoms. The lowest BCUT2D eigenvalue weighted by atomic mass is 10.1. The van der Waals surface area contributed by atoms with Crippen molar-refractivity contribution in [2.45, 2.75) is 13.2 Å². The number of rotatable bonds is 3. The fraction of sp³-hybridized carbons (Fsp3) is 0.462. The zero-order valence-electron chi connectivity index (χ0n) is 10.2. The van der Waals surface area contributed by atoms with E-state index in [4.69, 9.17) is 9.84 Å². The van der Waals surface area contributed by atoms with Crippen molar-refractivity contribution in [3.63, 3.8) is 0 Å². The molecule has 1 aliphatic heterocycles. The molecule has 0 spiro atoms. The highest BCUT2D eigenvalue weighted by Gasteiger charge is 2.13. The summed E-state index contributed by atoms with van der Waals surface area (Å²) in [4.78, 5) is 2.36. The Bertz CT molecular complexity index is 532. The quantitative estimate of drug-likeness (QED) is 0.845. The maximum atomic E-state index is 9.10. The summed E-state index contributed by atoms with van der Waals surface area (Å²) < 4.78 is 5.34. The normalized spacial score (nSPS) is 17.4. The molecule has 5 nitrogen and oxygen atoms in total. The molecule has 0 radical (unpaired) electrons. The van der Waals surface area contributed by atoms with Crippen LogP contribution < -0.4 is 0 Å². The summed E-state index contributed by atoms with van der Waals surface area (Å²) in [6.07, 6.45) is 0. The van der Waals surface area contributed by atoms with Crippen molar-refractivity contribution < 1.29 is 9.84 Å². The number of aliphatic hydroxyl groups is 1. The summed E-state index contributed by atoms with van der Waals surface area (Å²) in [5, 5.41) is 17.6. The highest BCUT2D eigenvalue weighted by atomic mass is 16.5. The molecule has 1 aromatic carbocycles. The van der Waals surface area contributed by atoms with Crippen LogP contribution in [0.15, 0.2) is 18.2 Å². The molecule has 18 heavy (non-hydrogen) atoms. The number of ether oxygens (including phenoxy) is 1. The summed E-state index contributed by atoms with van der Waals surface area (Å²) in [5.74, 6) is 0. The molecule has 0 amide bonds. The Morgan fingerprint density at radius 1 is 1.33 bits per heavy atom. The minimum Gasteiger partial charge on any atom is -0.392 e. The number of hydrogen-bond donors (Lipinski definition) is 2. The van der Waals surface area contributed by atoms with Gasteiger partial charge in [-0.3, -0.25) is 10.00 Å². The standard InChI is InChI=1S/C13H17N3O2/c17-9-10-1-2-11-12(7-10)14-15-13(11)8-16-3-5-18-6-4-16/h1-2,7,17H,3-6,8-9H2,(H,14,15). The van der Waals surface area contributed by atoms with Gasteiger partial charge in [-0.2, -0.15) is 5.10 Å². The molecule has 1 fully saturated rings. The number of H-pyrrole nitrogens is 1. The van der Waals surface area contributed by atoms with Gasteiger partial charge in [0.25, 0.3) is 0 Å². The zero-order chi connectivity index (χ0) is 12.4. The van der Waals surface area contributed by atoms with Crippen LogP contribution in [0.4, 0.5) is 0 Å². The van der Waals surface area contributed by atoms with Crippen LogP contribution in [0.25, 0.3) is 10.9 Å². The number of morpholine rings is 1. The molecule has 2 heterocycles. The number of nitrogens with one attached hydrogen (secondary N) is 1. The molecular weight excluding hydrogens is 230 g/mol. The van der Waals surface area contributed by atoms with Crippen molar-refractivity contribution in [3.05, 3.63) is 29.5 Å². The third-order valence-corrected chi connectivity index (χ3v) is 3.37. The number of aromatic amines is 1. The van der Waals surface area contributed by atoms with Crippen LogP contribution in [0.1, 0.15) is 11.3 Å². The first-order chi connectivity index (χ1) is 8.86. The first-order valence-corrected chi connectivity index (χ1v) is 6.23. The Labute approximate surface area is 105 Å². The van der Waals surface area contributed by atoms with Gasteiger partial charge < -0.3 is 9.84 Å². The topological polar surface area (TPSA) is 61.4 Å². The Hall–Kier alpha value is -1.43. The number of benzene rings is 1. The SMILES string of the molecule is OCc1ccc2c(CN3CCOCC3)[nH]nc2c1. The summed E-state index contributed by atoms with van der Waals surface area (Å²) in [5.41, 5.74) is 2.95. The molecule has 3 rings (SSSR count). The van der Waals surface area contributed by atoms with Crippen LogP contribution in [0.2, 0.25) is 0 Å². The molecule has 96 valence electrons. The molecule has 0 bridgehead atoms. The van der Waals surface area contributed by atoms with Crippen LogP contribution in [-0.4, -0.2) is 46.5 Å². The predicted octanol–water partition coefficient (Wildman–Crippen LogP) is 0.887. The van der Waals surface area contributed by atoms with Gasteiger partial charge in [-0.1, -0.05) is 12.1 Å².